The summed E-state index contributed by atoms with van der Waals surface area (Å²) in [5.41, 5.74) is 1.94. The van der Waals surface area contributed by atoms with Gasteiger partial charge in [-0.15, -0.1) is 0 Å². The van der Waals surface area contributed by atoms with E-state index < -0.39 is 0 Å². The van der Waals surface area contributed by atoms with Crippen molar-refractivity contribution in [3.63, 3.8) is 0 Å². The van der Waals surface area contributed by atoms with Crippen molar-refractivity contribution in [1.82, 2.24) is 0 Å². The lowest BCUT2D eigenvalue weighted by molar-refractivity contribution is -0.114. The molecule has 0 saturated carbocycles. The average molecular weight is 295 g/mol. The predicted molar refractivity (Wildman–Crippen MR) is 87.1 cm³/mol. The minimum atomic E-state index is -0.172. The Bertz CT molecular complexity index is 720. The van der Waals surface area contributed by atoms with Crippen LogP contribution in [0.2, 0.25) is 0 Å². The van der Waals surface area contributed by atoms with Gasteiger partial charge in [0.05, 0.1) is 7.11 Å². The van der Waals surface area contributed by atoms with Gasteiger partial charge in [0.15, 0.2) is 5.78 Å². The van der Waals surface area contributed by atoms with E-state index in [0.29, 0.717) is 17.0 Å². The first-order chi connectivity index (χ1) is 10.6. The second-order valence-electron chi connectivity index (χ2n) is 4.70. The first-order valence-corrected chi connectivity index (χ1v) is 6.83. The van der Waals surface area contributed by atoms with Crippen LogP contribution < -0.4 is 10.1 Å². The number of nitrogens with one attached hydrogen (secondary N) is 1. The van der Waals surface area contributed by atoms with Crippen LogP contribution in [0.25, 0.3) is 6.08 Å². The molecule has 1 amide bonds. The first-order valence-electron chi connectivity index (χ1n) is 6.83. The quantitative estimate of drug-likeness (QED) is 0.678. The number of carbonyl (C=O) groups is 2. The van der Waals surface area contributed by atoms with E-state index in [-0.39, 0.29) is 11.7 Å². The number of hydrogen-bond acceptors (Lipinski definition) is 3. The molecule has 0 heterocycles. The summed E-state index contributed by atoms with van der Waals surface area (Å²) in [4.78, 5) is 23.3. The monoisotopic (exact) mass is 295 g/mol. The minimum absolute atomic E-state index is 0.141. The zero-order chi connectivity index (χ0) is 15.9. The summed E-state index contributed by atoms with van der Waals surface area (Å²) in [6.07, 6.45) is 3.21. The molecule has 0 aromatic heterocycles. The number of benzene rings is 2. The second kappa shape index (κ2) is 7.22. The Hall–Kier alpha value is -2.88. The molecule has 22 heavy (non-hydrogen) atoms. The molecule has 1 N–H and O–H groups in total. The molecular weight excluding hydrogens is 278 g/mol. The molecule has 0 aliphatic heterocycles. The number of hydrogen-bond donors (Lipinski definition) is 1. The molecule has 0 atom stereocenters. The predicted octanol–water partition coefficient (Wildman–Crippen LogP) is 3.55. The van der Waals surface area contributed by atoms with E-state index in [1.54, 1.807) is 37.5 Å². The van der Waals surface area contributed by atoms with Crippen LogP contribution in [0, 0.1) is 0 Å². The number of methoxy groups -OCH3 is 1. The third kappa shape index (κ3) is 4.06. The molecule has 4 nitrogen and oxygen atoms in total. The summed E-state index contributed by atoms with van der Waals surface area (Å²) in [6, 6.07) is 14.3. The van der Waals surface area contributed by atoms with Gasteiger partial charge in [0.2, 0.25) is 5.91 Å². The summed E-state index contributed by atoms with van der Waals surface area (Å²) < 4.78 is 5.24. The zero-order valence-corrected chi connectivity index (χ0v) is 12.5. The molecule has 2 aromatic carbocycles. The maximum Gasteiger partial charge on any atom is 0.221 e. The van der Waals surface area contributed by atoms with Gasteiger partial charge in [0.25, 0.3) is 0 Å². The normalized spacial score (nSPS) is 10.5. The lowest BCUT2D eigenvalue weighted by atomic mass is 10.1. The minimum Gasteiger partial charge on any atom is -0.496 e. The molecule has 2 rings (SSSR count). The van der Waals surface area contributed by atoms with Gasteiger partial charge in [0, 0.05) is 23.7 Å². The van der Waals surface area contributed by atoms with Crippen molar-refractivity contribution in [2.75, 3.05) is 12.4 Å². The Kier molecular flexibility index (Phi) is 5.09. The van der Waals surface area contributed by atoms with Gasteiger partial charge in [-0.25, -0.2) is 0 Å². The van der Waals surface area contributed by atoms with Crippen LogP contribution in [0.5, 0.6) is 5.75 Å². The number of carbonyl (C=O) groups excluding carboxylic acids is 2. The lowest BCUT2D eigenvalue weighted by Crippen LogP contribution is -2.06. The van der Waals surface area contributed by atoms with E-state index in [9.17, 15) is 9.59 Å². The Morgan fingerprint density at radius 3 is 2.59 bits per heavy atom. The van der Waals surface area contributed by atoms with Crippen molar-refractivity contribution in [3.05, 3.63) is 65.7 Å². The van der Waals surface area contributed by atoms with E-state index in [4.69, 9.17) is 4.74 Å². The summed E-state index contributed by atoms with van der Waals surface area (Å²) in [7, 11) is 1.59. The molecule has 0 spiro atoms. The molecule has 4 heteroatoms. The maximum atomic E-state index is 12.2. The van der Waals surface area contributed by atoms with E-state index in [1.807, 2.05) is 24.3 Å². The topological polar surface area (TPSA) is 55.4 Å². The van der Waals surface area contributed by atoms with Crippen molar-refractivity contribution in [1.29, 1.82) is 0 Å². The number of ether oxygens (including phenoxy) is 1. The first kappa shape index (κ1) is 15.5. The average Bonchev–Trinajstić information content (AvgIpc) is 2.52. The fraction of sp³-hybridized carbons (Fsp3) is 0.111. The van der Waals surface area contributed by atoms with Crippen LogP contribution >= 0.6 is 0 Å². The summed E-state index contributed by atoms with van der Waals surface area (Å²) in [6.45, 7) is 1.43. The summed E-state index contributed by atoms with van der Waals surface area (Å²) >= 11 is 0. The molecule has 0 saturated heterocycles. The van der Waals surface area contributed by atoms with Crippen molar-refractivity contribution in [2.45, 2.75) is 6.92 Å². The van der Waals surface area contributed by atoms with Crippen molar-refractivity contribution in [2.24, 2.45) is 0 Å². The van der Waals surface area contributed by atoms with Gasteiger partial charge >= 0.3 is 0 Å². The van der Waals surface area contributed by atoms with Crippen molar-refractivity contribution >= 4 is 23.5 Å². The highest BCUT2D eigenvalue weighted by Crippen LogP contribution is 2.19. The van der Waals surface area contributed by atoms with E-state index in [2.05, 4.69) is 5.32 Å². The van der Waals surface area contributed by atoms with Crippen molar-refractivity contribution in [3.8, 4) is 5.75 Å². The highest BCUT2D eigenvalue weighted by Gasteiger charge is 2.04. The third-order valence-corrected chi connectivity index (χ3v) is 3.02. The second-order valence-corrected chi connectivity index (χ2v) is 4.70. The van der Waals surface area contributed by atoms with Crippen molar-refractivity contribution < 1.29 is 14.3 Å². The zero-order valence-electron chi connectivity index (χ0n) is 12.5. The van der Waals surface area contributed by atoms with Crippen LogP contribution in [-0.2, 0) is 4.79 Å². The van der Waals surface area contributed by atoms with E-state index >= 15 is 0 Å². The Morgan fingerprint density at radius 2 is 1.86 bits per heavy atom. The lowest BCUT2D eigenvalue weighted by Gasteiger charge is -2.04. The molecule has 0 aliphatic rings. The van der Waals surface area contributed by atoms with E-state index in [1.165, 1.54) is 13.0 Å². The van der Waals surface area contributed by atoms with Gasteiger partial charge in [-0.1, -0.05) is 30.3 Å². The SMILES string of the molecule is COc1ccccc1/C=C/C(=O)c1cccc(NC(C)=O)c1. The molecule has 2 aromatic rings. The summed E-state index contributed by atoms with van der Waals surface area (Å²) in [5, 5.41) is 2.66. The van der Waals surface area contributed by atoms with Gasteiger partial charge < -0.3 is 10.1 Å². The molecule has 0 unspecified atom stereocenters. The van der Waals surface area contributed by atoms with Crippen LogP contribution in [0.3, 0.4) is 0 Å². The number of amides is 1. The molecule has 112 valence electrons. The van der Waals surface area contributed by atoms with Gasteiger partial charge in [-0.2, -0.15) is 0 Å². The van der Waals surface area contributed by atoms with E-state index in [0.717, 1.165) is 5.56 Å². The molecular formula is C18H17NO3. The Balaban J connectivity index is 2.18. The number of rotatable bonds is 5. The Labute approximate surface area is 129 Å². The fourth-order valence-electron chi connectivity index (χ4n) is 2.02. The third-order valence-electron chi connectivity index (χ3n) is 3.02. The number of ketones is 1. The smallest absolute Gasteiger partial charge is 0.221 e. The van der Waals surface area contributed by atoms with Crippen LogP contribution in [0.15, 0.2) is 54.6 Å². The number of para-hydroxylation sites is 1. The number of allylic oxidation sites excluding steroid dienone is 1. The van der Waals surface area contributed by atoms with Gasteiger partial charge in [0.1, 0.15) is 5.75 Å². The highest BCUT2D eigenvalue weighted by molar-refractivity contribution is 6.07. The highest BCUT2D eigenvalue weighted by atomic mass is 16.5. The molecule has 0 aliphatic carbocycles. The largest absolute Gasteiger partial charge is 0.496 e. The van der Waals surface area contributed by atoms with Crippen LogP contribution in [-0.4, -0.2) is 18.8 Å². The Morgan fingerprint density at radius 1 is 1.09 bits per heavy atom. The summed E-state index contributed by atoms with van der Waals surface area (Å²) in [5.74, 6) is 0.394. The van der Waals surface area contributed by atoms with Gasteiger partial charge in [-0.05, 0) is 30.4 Å². The molecule has 0 bridgehead atoms. The van der Waals surface area contributed by atoms with Gasteiger partial charge in [-0.3, -0.25) is 9.59 Å². The molecule has 0 fully saturated rings. The number of anilines is 1. The maximum absolute atomic E-state index is 12.2. The van der Waals surface area contributed by atoms with Crippen LogP contribution in [0.4, 0.5) is 5.69 Å². The molecule has 0 radical (unpaired) electrons. The fourth-order valence-corrected chi connectivity index (χ4v) is 2.02. The standard InChI is InChI=1S/C18H17NO3/c1-13(20)19-16-8-5-7-15(12-16)17(21)11-10-14-6-3-4-9-18(14)22-2/h3-12H,1-2H3,(H,19,20)/b11-10+. The van der Waals surface area contributed by atoms with Crippen LogP contribution in [0.1, 0.15) is 22.8 Å².